The Hall–Kier alpha value is -0.570. The van der Waals surface area contributed by atoms with Crippen molar-refractivity contribution >= 4 is 5.91 Å². The molecule has 2 bridgehead atoms. The summed E-state index contributed by atoms with van der Waals surface area (Å²) in [5.41, 5.74) is 12.2. The minimum absolute atomic E-state index is 0.0964. The molecule has 3 saturated carbocycles. The second-order valence-electron chi connectivity index (χ2n) is 6.22. The SMILES string of the molecule is NC(=O)C1CCC[C@@]2(C1)C1CCC(C1)[C@H]2N. The van der Waals surface area contributed by atoms with Crippen molar-refractivity contribution in [2.45, 2.75) is 51.0 Å². The second-order valence-corrected chi connectivity index (χ2v) is 6.22. The highest BCUT2D eigenvalue weighted by Crippen LogP contribution is 2.61. The van der Waals surface area contributed by atoms with Gasteiger partial charge in [-0.2, -0.15) is 0 Å². The van der Waals surface area contributed by atoms with E-state index in [0.29, 0.717) is 6.04 Å². The fraction of sp³-hybridized carbons (Fsp3) is 0.923. The summed E-state index contributed by atoms with van der Waals surface area (Å²) in [4.78, 5) is 11.4. The molecule has 5 atom stereocenters. The van der Waals surface area contributed by atoms with Gasteiger partial charge in [0.05, 0.1) is 0 Å². The summed E-state index contributed by atoms with van der Waals surface area (Å²) in [6.45, 7) is 0. The minimum Gasteiger partial charge on any atom is -0.369 e. The molecular formula is C13H22N2O. The Kier molecular flexibility index (Phi) is 2.29. The van der Waals surface area contributed by atoms with Gasteiger partial charge in [-0.1, -0.05) is 6.42 Å². The second kappa shape index (κ2) is 3.46. The number of hydrogen-bond donors (Lipinski definition) is 2. The number of carbonyl (C=O) groups excluding carboxylic acids is 1. The van der Waals surface area contributed by atoms with Crippen LogP contribution in [0.3, 0.4) is 0 Å². The topological polar surface area (TPSA) is 69.1 Å². The molecule has 16 heavy (non-hydrogen) atoms. The summed E-state index contributed by atoms with van der Waals surface area (Å²) in [5.74, 6) is 1.51. The number of rotatable bonds is 1. The van der Waals surface area contributed by atoms with Crippen molar-refractivity contribution < 1.29 is 4.79 Å². The molecule has 3 fully saturated rings. The van der Waals surface area contributed by atoms with Crippen LogP contribution in [0, 0.1) is 23.2 Å². The lowest BCUT2D eigenvalue weighted by Crippen LogP contribution is -2.50. The van der Waals surface area contributed by atoms with Gasteiger partial charge >= 0.3 is 0 Å². The van der Waals surface area contributed by atoms with Crippen LogP contribution < -0.4 is 11.5 Å². The summed E-state index contributed by atoms with van der Waals surface area (Å²) in [6.07, 6.45) is 8.31. The number of primary amides is 1. The number of nitrogens with two attached hydrogens (primary N) is 2. The van der Waals surface area contributed by atoms with Crippen LogP contribution in [0.5, 0.6) is 0 Å². The van der Waals surface area contributed by atoms with Gasteiger partial charge in [0.25, 0.3) is 0 Å². The molecule has 0 heterocycles. The van der Waals surface area contributed by atoms with Crippen LogP contribution in [0.4, 0.5) is 0 Å². The van der Waals surface area contributed by atoms with Crippen LogP contribution in [0.25, 0.3) is 0 Å². The standard InChI is InChI=1S/C13H22N2O/c14-11-8-3-4-10(6-8)13(11)5-1-2-9(7-13)12(15)16/h8-11H,1-7,14H2,(H2,15,16)/t8?,9?,10?,11-,13-/m1/s1. The maximum Gasteiger partial charge on any atom is 0.220 e. The van der Waals surface area contributed by atoms with E-state index in [2.05, 4.69) is 0 Å². The predicted molar refractivity (Wildman–Crippen MR) is 62.4 cm³/mol. The van der Waals surface area contributed by atoms with Crippen LogP contribution in [0.1, 0.15) is 44.9 Å². The molecule has 0 aromatic rings. The summed E-state index contributed by atoms with van der Waals surface area (Å²) in [6, 6.07) is 0.341. The third-order valence-corrected chi connectivity index (χ3v) is 5.68. The van der Waals surface area contributed by atoms with Gasteiger partial charge in [0.2, 0.25) is 5.91 Å². The van der Waals surface area contributed by atoms with Crippen LogP contribution >= 0.6 is 0 Å². The zero-order valence-electron chi connectivity index (χ0n) is 9.82. The lowest BCUT2D eigenvalue weighted by molar-refractivity contribution is -0.125. The number of amides is 1. The Morgan fingerprint density at radius 1 is 1.25 bits per heavy atom. The van der Waals surface area contributed by atoms with Crippen LogP contribution in [0.2, 0.25) is 0 Å². The van der Waals surface area contributed by atoms with E-state index in [1.54, 1.807) is 0 Å². The van der Waals surface area contributed by atoms with Gasteiger partial charge in [0, 0.05) is 12.0 Å². The summed E-state index contributed by atoms with van der Waals surface area (Å²) in [7, 11) is 0. The monoisotopic (exact) mass is 222 g/mol. The van der Waals surface area contributed by atoms with E-state index in [1.807, 2.05) is 0 Å². The van der Waals surface area contributed by atoms with Crippen molar-refractivity contribution in [2.75, 3.05) is 0 Å². The van der Waals surface area contributed by atoms with Crippen LogP contribution in [-0.4, -0.2) is 11.9 Å². The molecule has 3 aliphatic rings. The quantitative estimate of drug-likeness (QED) is 0.704. The Labute approximate surface area is 96.9 Å². The van der Waals surface area contributed by atoms with Crippen molar-refractivity contribution in [1.29, 1.82) is 0 Å². The van der Waals surface area contributed by atoms with Crippen molar-refractivity contribution in [3.63, 3.8) is 0 Å². The molecule has 3 unspecified atom stereocenters. The zero-order chi connectivity index (χ0) is 11.3. The Morgan fingerprint density at radius 2 is 2.06 bits per heavy atom. The van der Waals surface area contributed by atoms with Gasteiger partial charge in [-0.25, -0.2) is 0 Å². The highest BCUT2D eigenvalue weighted by Gasteiger charge is 2.57. The zero-order valence-corrected chi connectivity index (χ0v) is 9.82. The van der Waals surface area contributed by atoms with Gasteiger partial charge in [0.15, 0.2) is 0 Å². The molecule has 0 aliphatic heterocycles. The molecule has 3 nitrogen and oxygen atoms in total. The first-order chi connectivity index (χ1) is 7.63. The largest absolute Gasteiger partial charge is 0.369 e. The normalized spacial score (nSPS) is 51.1. The minimum atomic E-state index is -0.103. The highest BCUT2D eigenvalue weighted by molar-refractivity contribution is 5.76. The molecule has 0 aromatic heterocycles. The van der Waals surface area contributed by atoms with Crippen molar-refractivity contribution in [3.8, 4) is 0 Å². The fourth-order valence-electron chi connectivity index (χ4n) is 4.86. The summed E-state index contributed by atoms with van der Waals surface area (Å²) < 4.78 is 0. The van der Waals surface area contributed by atoms with E-state index >= 15 is 0 Å². The molecule has 3 heteroatoms. The molecule has 3 aliphatic carbocycles. The third-order valence-electron chi connectivity index (χ3n) is 5.68. The van der Waals surface area contributed by atoms with E-state index in [9.17, 15) is 4.79 Å². The van der Waals surface area contributed by atoms with Crippen molar-refractivity contribution in [3.05, 3.63) is 0 Å². The molecule has 1 amide bonds. The third kappa shape index (κ3) is 1.27. The van der Waals surface area contributed by atoms with Crippen LogP contribution in [0.15, 0.2) is 0 Å². The van der Waals surface area contributed by atoms with Crippen molar-refractivity contribution in [2.24, 2.45) is 34.6 Å². The van der Waals surface area contributed by atoms with Gasteiger partial charge in [0.1, 0.15) is 0 Å². The molecule has 0 aromatic carbocycles. The predicted octanol–water partition coefficient (Wildman–Crippen LogP) is 1.41. The van der Waals surface area contributed by atoms with E-state index in [1.165, 1.54) is 25.7 Å². The average molecular weight is 222 g/mol. The number of fused-ring (bicyclic) bond motifs is 3. The number of carbonyl (C=O) groups is 1. The first-order valence-electron chi connectivity index (χ1n) is 6.68. The first-order valence-corrected chi connectivity index (χ1v) is 6.68. The molecule has 3 rings (SSSR count). The van der Waals surface area contributed by atoms with Gasteiger partial charge in [-0.3, -0.25) is 4.79 Å². The lowest BCUT2D eigenvalue weighted by Gasteiger charge is -2.47. The molecule has 1 spiro atoms. The molecule has 0 saturated heterocycles. The Morgan fingerprint density at radius 3 is 2.69 bits per heavy atom. The van der Waals surface area contributed by atoms with Gasteiger partial charge < -0.3 is 11.5 Å². The van der Waals surface area contributed by atoms with E-state index < -0.39 is 0 Å². The lowest BCUT2D eigenvalue weighted by atomic mass is 9.59. The molecule has 90 valence electrons. The summed E-state index contributed by atoms with van der Waals surface area (Å²) in [5, 5.41) is 0. The maximum atomic E-state index is 11.4. The number of hydrogen-bond acceptors (Lipinski definition) is 2. The average Bonchev–Trinajstić information content (AvgIpc) is 2.84. The van der Waals surface area contributed by atoms with Crippen LogP contribution in [-0.2, 0) is 4.79 Å². The van der Waals surface area contributed by atoms with Crippen molar-refractivity contribution in [1.82, 2.24) is 0 Å². The Balaban J connectivity index is 1.85. The van der Waals surface area contributed by atoms with E-state index in [0.717, 1.165) is 31.1 Å². The van der Waals surface area contributed by atoms with E-state index in [4.69, 9.17) is 11.5 Å². The van der Waals surface area contributed by atoms with Gasteiger partial charge in [-0.05, 0) is 55.8 Å². The first kappa shape index (κ1) is 10.6. The maximum absolute atomic E-state index is 11.4. The highest BCUT2D eigenvalue weighted by atomic mass is 16.1. The molecule has 0 radical (unpaired) electrons. The summed E-state index contributed by atoms with van der Waals surface area (Å²) >= 11 is 0. The molecule has 4 N–H and O–H groups in total. The fourth-order valence-corrected chi connectivity index (χ4v) is 4.86. The van der Waals surface area contributed by atoms with Gasteiger partial charge in [-0.15, -0.1) is 0 Å². The molecular weight excluding hydrogens is 200 g/mol. The van der Waals surface area contributed by atoms with E-state index in [-0.39, 0.29) is 17.2 Å². The smallest absolute Gasteiger partial charge is 0.220 e. The Bertz CT molecular complexity index is 313.